The normalized spacial score (nSPS) is 11.8. The molecular weight excluding hydrogens is 296 g/mol. The fraction of sp³-hybridized carbons (Fsp3) is 0.0625. The molecule has 0 spiro atoms. The van der Waals surface area contributed by atoms with Gasteiger partial charge < -0.3 is 5.73 Å². The van der Waals surface area contributed by atoms with Gasteiger partial charge in [-0.05, 0) is 36.4 Å². The van der Waals surface area contributed by atoms with Gasteiger partial charge in [-0.1, -0.05) is 12.1 Å². The number of nitrogens with two attached hydrogens (primary N) is 1. The van der Waals surface area contributed by atoms with Gasteiger partial charge in [0.2, 0.25) is 0 Å². The van der Waals surface area contributed by atoms with E-state index in [0.29, 0.717) is 22.2 Å². The molecule has 0 bridgehead atoms. The lowest BCUT2D eigenvalue weighted by Crippen LogP contribution is -2.09. The van der Waals surface area contributed by atoms with E-state index in [-0.39, 0.29) is 5.69 Å². The summed E-state index contributed by atoms with van der Waals surface area (Å²) in [4.78, 5) is 4.26. The Kier molecular flexibility index (Phi) is 3.24. The maximum absolute atomic E-state index is 13.1. The number of nitrogens with zero attached hydrogens (tertiary/aromatic N) is 1. The van der Waals surface area contributed by atoms with Gasteiger partial charge in [0, 0.05) is 16.6 Å². The Morgan fingerprint density at radius 3 is 2.41 bits per heavy atom. The molecule has 2 nitrogen and oxygen atoms in total. The second kappa shape index (κ2) is 4.98. The summed E-state index contributed by atoms with van der Waals surface area (Å²) >= 11 is 0. The van der Waals surface area contributed by atoms with E-state index < -0.39 is 17.6 Å². The maximum Gasteiger partial charge on any atom is 0.418 e. The molecule has 3 rings (SSSR count). The van der Waals surface area contributed by atoms with Gasteiger partial charge in [-0.15, -0.1) is 0 Å². The van der Waals surface area contributed by atoms with Crippen LogP contribution in [0, 0.1) is 5.82 Å². The molecule has 0 saturated heterocycles. The quantitative estimate of drug-likeness (QED) is 0.525. The molecule has 3 aromatic rings. The second-order valence-electron chi connectivity index (χ2n) is 4.83. The van der Waals surface area contributed by atoms with Crippen LogP contribution in [0.2, 0.25) is 0 Å². The van der Waals surface area contributed by atoms with Gasteiger partial charge >= 0.3 is 6.18 Å². The van der Waals surface area contributed by atoms with Crippen LogP contribution in [0.15, 0.2) is 48.5 Å². The van der Waals surface area contributed by atoms with E-state index in [1.807, 2.05) is 0 Å². The van der Waals surface area contributed by atoms with E-state index in [4.69, 9.17) is 5.73 Å². The van der Waals surface area contributed by atoms with Gasteiger partial charge in [0.15, 0.2) is 0 Å². The highest BCUT2D eigenvalue weighted by Gasteiger charge is 2.33. The number of nitrogen functional groups attached to an aromatic ring is 1. The molecule has 0 amide bonds. The van der Waals surface area contributed by atoms with E-state index in [9.17, 15) is 17.6 Å². The summed E-state index contributed by atoms with van der Waals surface area (Å²) in [6.07, 6.45) is -4.53. The number of anilines is 1. The van der Waals surface area contributed by atoms with Crippen molar-refractivity contribution in [3.63, 3.8) is 0 Å². The second-order valence-corrected chi connectivity index (χ2v) is 4.83. The summed E-state index contributed by atoms with van der Waals surface area (Å²) in [6.45, 7) is 0. The highest BCUT2D eigenvalue weighted by Crippen LogP contribution is 2.36. The van der Waals surface area contributed by atoms with E-state index >= 15 is 0 Å². The van der Waals surface area contributed by atoms with Crippen molar-refractivity contribution in [2.75, 3.05) is 5.73 Å². The van der Waals surface area contributed by atoms with Crippen molar-refractivity contribution in [1.82, 2.24) is 4.98 Å². The van der Waals surface area contributed by atoms with Gasteiger partial charge in [0.1, 0.15) is 5.82 Å². The Balaban J connectivity index is 2.13. The van der Waals surface area contributed by atoms with Crippen LogP contribution in [0.5, 0.6) is 0 Å². The molecule has 0 saturated carbocycles. The molecule has 1 aromatic heterocycles. The van der Waals surface area contributed by atoms with Crippen molar-refractivity contribution in [3.05, 3.63) is 59.9 Å². The minimum Gasteiger partial charge on any atom is -0.398 e. The Labute approximate surface area is 123 Å². The van der Waals surface area contributed by atoms with Crippen LogP contribution in [0.3, 0.4) is 0 Å². The molecule has 0 radical (unpaired) electrons. The van der Waals surface area contributed by atoms with Crippen LogP contribution in [-0.4, -0.2) is 4.98 Å². The molecule has 22 heavy (non-hydrogen) atoms. The summed E-state index contributed by atoms with van der Waals surface area (Å²) in [6, 6.07) is 10.9. The summed E-state index contributed by atoms with van der Waals surface area (Å²) in [5.74, 6) is -0.395. The average molecular weight is 306 g/mol. The molecule has 2 N–H and O–H groups in total. The molecule has 0 aliphatic heterocycles. The van der Waals surface area contributed by atoms with Crippen molar-refractivity contribution in [1.29, 1.82) is 0 Å². The number of fused-ring (bicyclic) bond motifs is 1. The predicted octanol–water partition coefficient (Wildman–Crippen LogP) is 4.64. The molecular formula is C16H10F4N2. The molecule has 0 atom stereocenters. The van der Waals surface area contributed by atoms with Crippen LogP contribution in [0.25, 0.3) is 22.2 Å². The number of rotatable bonds is 1. The third kappa shape index (κ3) is 2.59. The minimum absolute atomic E-state index is 0.299. The SMILES string of the molecule is Nc1ccc(-c2ccc3cc(F)ccc3n2)cc1C(F)(F)F. The lowest BCUT2D eigenvalue weighted by molar-refractivity contribution is -0.136. The number of hydrogen-bond donors (Lipinski definition) is 1. The van der Waals surface area contributed by atoms with Crippen molar-refractivity contribution >= 4 is 16.6 Å². The third-order valence-corrected chi connectivity index (χ3v) is 3.31. The first-order chi connectivity index (χ1) is 10.3. The van der Waals surface area contributed by atoms with E-state index in [1.54, 1.807) is 12.1 Å². The highest BCUT2D eigenvalue weighted by atomic mass is 19.4. The van der Waals surface area contributed by atoms with Crippen LogP contribution in [0.4, 0.5) is 23.2 Å². The number of aromatic nitrogens is 1. The Morgan fingerprint density at radius 2 is 1.68 bits per heavy atom. The van der Waals surface area contributed by atoms with Gasteiger partial charge in [-0.25, -0.2) is 9.37 Å². The number of alkyl halides is 3. The lowest BCUT2D eigenvalue weighted by atomic mass is 10.0. The van der Waals surface area contributed by atoms with E-state index in [2.05, 4.69) is 4.98 Å². The Hall–Kier alpha value is -2.63. The predicted molar refractivity (Wildman–Crippen MR) is 76.6 cm³/mol. The molecule has 0 aliphatic carbocycles. The van der Waals surface area contributed by atoms with Crippen molar-refractivity contribution < 1.29 is 17.6 Å². The van der Waals surface area contributed by atoms with Crippen molar-refractivity contribution in [2.45, 2.75) is 6.18 Å². The zero-order chi connectivity index (χ0) is 15.9. The first kappa shape index (κ1) is 14.3. The molecule has 0 fully saturated rings. The Morgan fingerprint density at radius 1 is 0.909 bits per heavy atom. The molecule has 0 unspecified atom stereocenters. The van der Waals surface area contributed by atoms with Gasteiger partial charge in [-0.2, -0.15) is 13.2 Å². The first-order valence-electron chi connectivity index (χ1n) is 6.38. The van der Waals surface area contributed by atoms with Crippen molar-refractivity contribution in [3.8, 4) is 11.3 Å². The number of hydrogen-bond acceptors (Lipinski definition) is 2. The van der Waals surface area contributed by atoms with E-state index in [1.165, 1.54) is 30.3 Å². The minimum atomic E-state index is -4.53. The van der Waals surface area contributed by atoms with Gasteiger partial charge in [0.05, 0.1) is 16.8 Å². The smallest absolute Gasteiger partial charge is 0.398 e. The molecule has 1 heterocycles. The van der Waals surface area contributed by atoms with E-state index in [0.717, 1.165) is 6.07 Å². The number of halogens is 4. The van der Waals surface area contributed by atoms with Crippen LogP contribution in [-0.2, 0) is 6.18 Å². The van der Waals surface area contributed by atoms with Crippen LogP contribution in [0.1, 0.15) is 5.56 Å². The summed E-state index contributed by atoms with van der Waals surface area (Å²) in [7, 11) is 0. The lowest BCUT2D eigenvalue weighted by Gasteiger charge is -2.12. The fourth-order valence-corrected chi connectivity index (χ4v) is 2.22. The van der Waals surface area contributed by atoms with Gasteiger partial charge in [0.25, 0.3) is 0 Å². The standard InChI is InChI=1S/C16H10F4N2/c17-11-3-6-15-9(7-11)2-5-14(22-15)10-1-4-13(21)12(8-10)16(18,19)20/h1-8H,21H2. The third-order valence-electron chi connectivity index (χ3n) is 3.31. The van der Waals surface area contributed by atoms with Crippen LogP contribution >= 0.6 is 0 Å². The fourth-order valence-electron chi connectivity index (χ4n) is 2.22. The molecule has 2 aromatic carbocycles. The summed E-state index contributed by atoms with van der Waals surface area (Å²) in [5.41, 5.74) is 5.32. The maximum atomic E-state index is 13.1. The summed E-state index contributed by atoms with van der Waals surface area (Å²) < 4.78 is 51.8. The average Bonchev–Trinajstić information content (AvgIpc) is 2.46. The monoisotopic (exact) mass is 306 g/mol. The Bertz CT molecular complexity index is 856. The molecule has 0 aliphatic rings. The largest absolute Gasteiger partial charge is 0.418 e. The first-order valence-corrected chi connectivity index (χ1v) is 6.38. The van der Waals surface area contributed by atoms with Crippen LogP contribution < -0.4 is 5.73 Å². The van der Waals surface area contributed by atoms with Crippen molar-refractivity contribution in [2.24, 2.45) is 0 Å². The topological polar surface area (TPSA) is 38.9 Å². The zero-order valence-corrected chi connectivity index (χ0v) is 11.2. The summed E-state index contributed by atoms with van der Waals surface area (Å²) in [5, 5.41) is 0.579. The zero-order valence-electron chi connectivity index (χ0n) is 11.2. The molecule has 112 valence electrons. The number of benzene rings is 2. The molecule has 6 heteroatoms. The van der Waals surface area contributed by atoms with Gasteiger partial charge in [-0.3, -0.25) is 0 Å². The highest BCUT2D eigenvalue weighted by molar-refractivity contribution is 5.81. The number of pyridine rings is 1.